The maximum Gasteiger partial charge on any atom is 0.435 e. The van der Waals surface area contributed by atoms with Crippen LogP contribution in [0.15, 0.2) is 23.0 Å². The monoisotopic (exact) mass is 340 g/mol. The van der Waals surface area contributed by atoms with Gasteiger partial charge >= 0.3 is 6.18 Å². The predicted molar refractivity (Wildman–Crippen MR) is 78.2 cm³/mol. The van der Waals surface area contributed by atoms with Crippen molar-refractivity contribution in [2.45, 2.75) is 38.5 Å². The van der Waals surface area contributed by atoms with Crippen molar-refractivity contribution in [3.63, 3.8) is 0 Å². The third-order valence-electron chi connectivity index (χ3n) is 3.87. The molecule has 2 aromatic rings. The van der Waals surface area contributed by atoms with Gasteiger partial charge in [0.05, 0.1) is 6.54 Å². The smallest absolute Gasteiger partial charge is 0.349 e. The number of H-pyrrole nitrogens is 1. The van der Waals surface area contributed by atoms with Crippen molar-refractivity contribution >= 4 is 5.91 Å². The number of fused-ring (bicyclic) bond motifs is 1. The molecule has 6 nitrogen and oxygen atoms in total. The topological polar surface area (TPSA) is 79.8 Å². The standard InChI is InChI=1S/C15H15F3N4O2/c16-15(17,18)14-10-4-2-5-11(10)22(21-14)8-13(24)19-7-9-3-1-6-12(23)20-9/h1,3,6H,2,4-5,7-8H2,(H,19,24)(H,20,23). The number of rotatable bonds is 4. The molecule has 0 unspecified atom stereocenters. The Bertz CT molecular complexity index is 823. The SMILES string of the molecule is O=C(Cn1nc(C(F)(F)F)c2c1CCC2)NCc1cccc(=O)[nH]1. The second-order valence-electron chi connectivity index (χ2n) is 5.60. The van der Waals surface area contributed by atoms with Crippen LogP contribution < -0.4 is 10.9 Å². The van der Waals surface area contributed by atoms with E-state index in [4.69, 9.17) is 0 Å². The summed E-state index contributed by atoms with van der Waals surface area (Å²) in [5.74, 6) is -0.467. The van der Waals surface area contributed by atoms with Crippen molar-refractivity contribution in [1.82, 2.24) is 20.1 Å². The highest BCUT2D eigenvalue weighted by Gasteiger charge is 2.40. The van der Waals surface area contributed by atoms with Gasteiger partial charge < -0.3 is 10.3 Å². The van der Waals surface area contributed by atoms with Gasteiger partial charge in [0.15, 0.2) is 5.69 Å². The fourth-order valence-corrected chi connectivity index (χ4v) is 2.85. The molecule has 2 aromatic heterocycles. The third-order valence-corrected chi connectivity index (χ3v) is 3.87. The Hall–Kier alpha value is -2.58. The molecule has 1 aliphatic rings. The summed E-state index contributed by atoms with van der Waals surface area (Å²) in [6.45, 7) is -0.194. The normalized spacial score (nSPS) is 13.8. The van der Waals surface area contributed by atoms with Gasteiger partial charge in [-0.15, -0.1) is 0 Å². The molecule has 0 atom stereocenters. The van der Waals surface area contributed by atoms with Crippen molar-refractivity contribution in [3.8, 4) is 0 Å². The fraction of sp³-hybridized carbons (Fsp3) is 0.400. The second kappa shape index (κ2) is 6.14. The zero-order valence-electron chi connectivity index (χ0n) is 12.6. The van der Waals surface area contributed by atoms with Gasteiger partial charge in [-0.2, -0.15) is 18.3 Å². The number of pyridine rings is 1. The summed E-state index contributed by atoms with van der Waals surface area (Å²) >= 11 is 0. The number of nitrogens with zero attached hydrogens (tertiary/aromatic N) is 2. The number of hydrogen-bond acceptors (Lipinski definition) is 3. The Labute approximate surface area is 134 Å². The molecule has 0 radical (unpaired) electrons. The number of aromatic nitrogens is 3. The van der Waals surface area contributed by atoms with Crippen LogP contribution in [-0.4, -0.2) is 20.7 Å². The second-order valence-corrected chi connectivity index (χ2v) is 5.60. The van der Waals surface area contributed by atoms with Crippen molar-refractivity contribution in [3.05, 3.63) is 51.2 Å². The molecule has 0 saturated heterocycles. The minimum absolute atomic E-state index is 0.0878. The number of carbonyl (C=O) groups excluding carboxylic acids is 1. The average Bonchev–Trinajstić information content (AvgIpc) is 3.08. The molecule has 0 saturated carbocycles. The van der Waals surface area contributed by atoms with Crippen LogP contribution in [0.25, 0.3) is 0 Å². The van der Waals surface area contributed by atoms with Crippen molar-refractivity contribution in [2.75, 3.05) is 0 Å². The van der Waals surface area contributed by atoms with Crippen molar-refractivity contribution in [2.24, 2.45) is 0 Å². The molecule has 2 heterocycles. The van der Waals surface area contributed by atoms with Gasteiger partial charge in [-0.3, -0.25) is 14.3 Å². The van der Waals surface area contributed by atoms with Crippen LogP contribution >= 0.6 is 0 Å². The van der Waals surface area contributed by atoms with E-state index in [1.165, 1.54) is 6.07 Å². The zero-order chi connectivity index (χ0) is 17.3. The highest BCUT2D eigenvalue weighted by molar-refractivity contribution is 5.75. The third kappa shape index (κ3) is 3.34. The molecule has 128 valence electrons. The average molecular weight is 340 g/mol. The summed E-state index contributed by atoms with van der Waals surface area (Å²) in [6.07, 6.45) is -3.07. The highest BCUT2D eigenvalue weighted by Crippen LogP contribution is 2.36. The molecule has 1 aliphatic carbocycles. The molecule has 2 N–H and O–H groups in total. The van der Waals surface area contributed by atoms with Gasteiger partial charge in [0.25, 0.3) is 0 Å². The largest absolute Gasteiger partial charge is 0.435 e. The number of carbonyl (C=O) groups is 1. The maximum absolute atomic E-state index is 13.0. The molecule has 0 aromatic carbocycles. The number of aromatic amines is 1. The fourth-order valence-electron chi connectivity index (χ4n) is 2.85. The number of nitrogens with one attached hydrogen (secondary N) is 2. The van der Waals surface area contributed by atoms with Gasteiger partial charge in [0, 0.05) is 23.0 Å². The quantitative estimate of drug-likeness (QED) is 0.883. The summed E-state index contributed by atoms with van der Waals surface area (Å²) in [5, 5.41) is 6.15. The van der Waals surface area contributed by atoms with E-state index in [9.17, 15) is 22.8 Å². The molecule has 9 heteroatoms. The Balaban J connectivity index is 1.70. The number of alkyl halides is 3. The molecule has 24 heavy (non-hydrogen) atoms. The first kappa shape index (κ1) is 16.3. The molecular weight excluding hydrogens is 325 g/mol. The maximum atomic E-state index is 13.0. The van der Waals surface area contributed by atoms with Gasteiger partial charge in [-0.05, 0) is 25.3 Å². The Kier molecular flexibility index (Phi) is 4.16. The molecule has 0 aliphatic heterocycles. The lowest BCUT2D eigenvalue weighted by atomic mass is 10.2. The first-order valence-corrected chi connectivity index (χ1v) is 7.45. The summed E-state index contributed by atoms with van der Waals surface area (Å²) in [5.41, 5.74) is 0.00228. The first-order chi connectivity index (χ1) is 11.3. The minimum atomic E-state index is -4.51. The van der Waals surface area contributed by atoms with Gasteiger partial charge in [-0.1, -0.05) is 6.07 Å². The zero-order valence-corrected chi connectivity index (χ0v) is 12.6. The minimum Gasteiger partial charge on any atom is -0.349 e. The number of halogens is 3. The predicted octanol–water partition coefficient (Wildman–Crippen LogP) is 1.40. The van der Waals surface area contributed by atoms with Crippen LogP contribution in [0.2, 0.25) is 0 Å². The van der Waals surface area contributed by atoms with Crippen LogP contribution in [0.3, 0.4) is 0 Å². The molecule has 0 fully saturated rings. The Morgan fingerprint density at radius 2 is 2.12 bits per heavy atom. The molecular formula is C15H15F3N4O2. The first-order valence-electron chi connectivity index (χ1n) is 7.45. The van der Waals surface area contributed by atoms with Crippen LogP contribution in [0.5, 0.6) is 0 Å². The lowest BCUT2D eigenvalue weighted by Gasteiger charge is -2.08. The summed E-state index contributed by atoms with van der Waals surface area (Å²) in [7, 11) is 0. The molecule has 0 spiro atoms. The van der Waals surface area contributed by atoms with Crippen LogP contribution in [0.4, 0.5) is 13.2 Å². The van der Waals surface area contributed by atoms with Crippen LogP contribution in [0, 0.1) is 0 Å². The van der Waals surface area contributed by atoms with Crippen LogP contribution in [0.1, 0.15) is 29.1 Å². The van der Waals surface area contributed by atoms with E-state index in [1.807, 2.05) is 0 Å². The summed E-state index contributed by atoms with van der Waals surface area (Å²) in [6, 6.07) is 4.53. The number of amides is 1. The Morgan fingerprint density at radius 1 is 1.33 bits per heavy atom. The highest BCUT2D eigenvalue weighted by atomic mass is 19.4. The van der Waals surface area contributed by atoms with E-state index in [2.05, 4.69) is 15.4 Å². The Morgan fingerprint density at radius 3 is 2.83 bits per heavy atom. The molecule has 3 rings (SSSR count). The van der Waals surface area contributed by atoms with E-state index in [1.54, 1.807) is 12.1 Å². The van der Waals surface area contributed by atoms with Gasteiger partial charge in [0.1, 0.15) is 6.54 Å². The lowest BCUT2D eigenvalue weighted by Crippen LogP contribution is -2.29. The summed E-state index contributed by atoms with van der Waals surface area (Å²) in [4.78, 5) is 25.7. The van der Waals surface area contributed by atoms with Crippen molar-refractivity contribution < 1.29 is 18.0 Å². The van der Waals surface area contributed by atoms with E-state index in [0.29, 0.717) is 30.7 Å². The van der Waals surface area contributed by atoms with Crippen LogP contribution in [-0.2, 0) is 36.9 Å². The van der Waals surface area contributed by atoms with E-state index in [-0.39, 0.29) is 24.2 Å². The molecule has 0 bridgehead atoms. The van der Waals surface area contributed by atoms with Gasteiger partial charge in [-0.25, -0.2) is 0 Å². The van der Waals surface area contributed by atoms with Crippen molar-refractivity contribution in [1.29, 1.82) is 0 Å². The van der Waals surface area contributed by atoms with E-state index >= 15 is 0 Å². The summed E-state index contributed by atoms with van der Waals surface area (Å²) < 4.78 is 40.1. The van der Waals surface area contributed by atoms with E-state index in [0.717, 1.165) is 4.68 Å². The number of hydrogen-bond donors (Lipinski definition) is 2. The lowest BCUT2D eigenvalue weighted by molar-refractivity contribution is -0.142. The van der Waals surface area contributed by atoms with Gasteiger partial charge in [0.2, 0.25) is 11.5 Å². The van der Waals surface area contributed by atoms with E-state index < -0.39 is 17.8 Å². The molecule has 1 amide bonds.